The van der Waals surface area contributed by atoms with Crippen LogP contribution < -0.4 is 0 Å². The molecule has 1 saturated carbocycles. The third kappa shape index (κ3) is 3.50. The van der Waals surface area contributed by atoms with Gasteiger partial charge in [-0.3, -0.25) is 9.67 Å². The molecular weight excluding hydrogens is 262 g/mol. The third-order valence-corrected chi connectivity index (χ3v) is 4.30. The normalized spacial score (nSPS) is 17.8. The number of aromatic nitrogens is 3. The van der Waals surface area contributed by atoms with Gasteiger partial charge in [0.2, 0.25) is 0 Å². The van der Waals surface area contributed by atoms with E-state index in [2.05, 4.69) is 21.0 Å². The Kier molecular flexibility index (Phi) is 4.34. The fraction of sp³-hybridized carbons (Fsp3) is 0.529. The molecule has 4 nitrogen and oxygen atoms in total. The Morgan fingerprint density at radius 2 is 2.10 bits per heavy atom. The number of hydrogen-bond donors (Lipinski definition) is 1. The minimum Gasteiger partial charge on any atom is -0.388 e. The van der Waals surface area contributed by atoms with Gasteiger partial charge in [-0.1, -0.05) is 25.3 Å². The summed E-state index contributed by atoms with van der Waals surface area (Å²) in [4.78, 5) is 4.14. The lowest BCUT2D eigenvalue weighted by Gasteiger charge is -2.21. The maximum atomic E-state index is 10.3. The summed E-state index contributed by atoms with van der Waals surface area (Å²) in [6.45, 7) is 1.99. The Labute approximate surface area is 125 Å². The first-order valence-corrected chi connectivity index (χ1v) is 7.86. The minimum absolute atomic E-state index is 0.535. The van der Waals surface area contributed by atoms with E-state index >= 15 is 0 Å². The van der Waals surface area contributed by atoms with E-state index in [0.717, 1.165) is 16.8 Å². The number of pyridine rings is 1. The molecule has 21 heavy (non-hydrogen) atoms. The summed E-state index contributed by atoms with van der Waals surface area (Å²) in [6.07, 6.45) is 12.0. The monoisotopic (exact) mass is 285 g/mol. The molecule has 0 radical (unpaired) electrons. The Bertz CT molecular complexity index is 587. The summed E-state index contributed by atoms with van der Waals surface area (Å²) in [5.41, 5.74) is 2.89. The first kappa shape index (κ1) is 14.3. The van der Waals surface area contributed by atoms with Gasteiger partial charge in [0.05, 0.1) is 17.8 Å². The van der Waals surface area contributed by atoms with Gasteiger partial charge in [-0.05, 0) is 37.0 Å². The number of nitrogens with zero attached hydrogens (tertiary/aromatic N) is 3. The van der Waals surface area contributed by atoms with E-state index in [4.69, 9.17) is 0 Å². The average Bonchev–Trinajstić information content (AvgIpc) is 2.97. The van der Waals surface area contributed by atoms with Gasteiger partial charge in [0.1, 0.15) is 0 Å². The van der Waals surface area contributed by atoms with Crippen molar-refractivity contribution in [2.45, 2.75) is 57.6 Å². The van der Waals surface area contributed by atoms with Gasteiger partial charge in [-0.25, -0.2) is 0 Å². The molecule has 2 aromatic rings. The number of aliphatic hydroxyl groups excluding tert-OH is 1. The Hall–Kier alpha value is -1.68. The van der Waals surface area contributed by atoms with Gasteiger partial charge < -0.3 is 5.11 Å². The van der Waals surface area contributed by atoms with Crippen LogP contribution in [0.15, 0.2) is 30.7 Å². The van der Waals surface area contributed by atoms with Crippen molar-refractivity contribution in [2.75, 3.05) is 0 Å². The van der Waals surface area contributed by atoms with Gasteiger partial charge in [0, 0.05) is 25.0 Å². The molecule has 1 aliphatic rings. The van der Waals surface area contributed by atoms with E-state index in [1.54, 1.807) is 12.4 Å². The standard InChI is InChI=1S/C17H23N3O/c1-13-9-14(12-18-11-13)17(21)10-15-7-8-20(19-15)16-5-3-2-4-6-16/h7-9,11-12,16-17,21H,2-6,10H2,1H3. The third-order valence-electron chi connectivity index (χ3n) is 4.30. The Morgan fingerprint density at radius 1 is 1.29 bits per heavy atom. The molecule has 0 aliphatic heterocycles. The Balaban J connectivity index is 1.66. The van der Waals surface area contributed by atoms with Crippen LogP contribution in [0.2, 0.25) is 0 Å². The molecule has 1 N–H and O–H groups in total. The van der Waals surface area contributed by atoms with Crippen molar-refractivity contribution in [1.82, 2.24) is 14.8 Å². The van der Waals surface area contributed by atoms with Crippen LogP contribution in [-0.4, -0.2) is 19.9 Å². The van der Waals surface area contributed by atoms with Gasteiger partial charge in [0.25, 0.3) is 0 Å². The van der Waals surface area contributed by atoms with E-state index < -0.39 is 6.10 Å². The maximum absolute atomic E-state index is 10.3. The molecule has 1 fully saturated rings. The molecule has 0 bridgehead atoms. The minimum atomic E-state index is -0.535. The molecule has 0 saturated heterocycles. The number of aliphatic hydroxyl groups is 1. The molecule has 1 unspecified atom stereocenters. The van der Waals surface area contributed by atoms with Crippen molar-refractivity contribution >= 4 is 0 Å². The van der Waals surface area contributed by atoms with Crippen molar-refractivity contribution in [1.29, 1.82) is 0 Å². The molecule has 0 spiro atoms. The van der Waals surface area contributed by atoms with Crippen LogP contribution in [0.5, 0.6) is 0 Å². The Morgan fingerprint density at radius 3 is 2.86 bits per heavy atom. The van der Waals surface area contributed by atoms with Gasteiger partial charge >= 0.3 is 0 Å². The summed E-state index contributed by atoms with van der Waals surface area (Å²) in [5.74, 6) is 0. The molecule has 1 aliphatic carbocycles. The van der Waals surface area contributed by atoms with E-state index in [1.165, 1.54) is 32.1 Å². The van der Waals surface area contributed by atoms with Crippen molar-refractivity contribution in [3.05, 3.63) is 47.5 Å². The summed E-state index contributed by atoms with van der Waals surface area (Å²) in [5, 5.41) is 15.0. The van der Waals surface area contributed by atoms with Crippen molar-refractivity contribution < 1.29 is 5.11 Å². The van der Waals surface area contributed by atoms with Crippen molar-refractivity contribution in [2.24, 2.45) is 0 Å². The summed E-state index contributed by atoms with van der Waals surface area (Å²) in [6, 6.07) is 4.56. The van der Waals surface area contributed by atoms with Crippen molar-refractivity contribution in [3.63, 3.8) is 0 Å². The molecule has 0 aromatic carbocycles. The highest BCUT2D eigenvalue weighted by Crippen LogP contribution is 2.28. The molecular formula is C17H23N3O. The SMILES string of the molecule is Cc1cncc(C(O)Cc2ccn(C3CCCCC3)n2)c1. The van der Waals surface area contributed by atoms with Crippen LogP contribution in [0.3, 0.4) is 0 Å². The number of rotatable bonds is 4. The second kappa shape index (κ2) is 6.39. The van der Waals surface area contributed by atoms with Crippen LogP contribution in [-0.2, 0) is 6.42 Å². The number of hydrogen-bond acceptors (Lipinski definition) is 3. The number of aryl methyl sites for hydroxylation is 1. The fourth-order valence-corrected chi connectivity index (χ4v) is 3.11. The van der Waals surface area contributed by atoms with Crippen molar-refractivity contribution in [3.8, 4) is 0 Å². The molecule has 112 valence electrons. The maximum Gasteiger partial charge on any atom is 0.0861 e. The molecule has 1 atom stereocenters. The van der Waals surface area contributed by atoms with Crippen LogP contribution in [0, 0.1) is 6.92 Å². The molecule has 2 aromatic heterocycles. The smallest absolute Gasteiger partial charge is 0.0861 e. The quantitative estimate of drug-likeness (QED) is 0.937. The largest absolute Gasteiger partial charge is 0.388 e. The zero-order valence-corrected chi connectivity index (χ0v) is 12.6. The predicted octanol–water partition coefficient (Wildman–Crippen LogP) is 3.37. The zero-order valence-electron chi connectivity index (χ0n) is 12.6. The van der Waals surface area contributed by atoms with E-state index in [-0.39, 0.29) is 0 Å². The van der Waals surface area contributed by atoms with Gasteiger partial charge in [-0.15, -0.1) is 0 Å². The van der Waals surface area contributed by atoms with Crippen LogP contribution >= 0.6 is 0 Å². The first-order chi connectivity index (χ1) is 10.2. The molecule has 3 rings (SSSR count). The summed E-state index contributed by atoms with van der Waals surface area (Å²) >= 11 is 0. The highest BCUT2D eigenvalue weighted by molar-refractivity contribution is 5.20. The van der Waals surface area contributed by atoms with E-state index in [1.807, 2.05) is 19.1 Å². The predicted molar refractivity (Wildman–Crippen MR) is 82.0 cm³/mol. The van der Waals surface area contributed by atoms with Crippen LogP contribution in [0.1, 0.15) is 61.1 Å². The first-order valence-electron chi connectivity index (χ1n) is 7.86. The summed E-state index contributed by atoms with van der Waals surface area (Å²) < 4.78 is 2.09. The topological polar surface area (TPSA) is 50.9 Å². The summed E-state index contributed by atoms with van der Waals surface area (Å²) in [7, 11) is 0. The second-order valence-corrected chi connectivity index (χ2v) is 6.09. The second-order valence-electron chi connectivity index (χ2n) is 6.09. The van der Waals surface area contributed by atoms with Crippen LogP contribution in [0.4, 0.5) is 0 Å². The highest BCUT2D eigenvalue weighted by Gasteiger charge is 2.17. The van der Waals surface area contributed by atoms with Gasteiger partial charge in [-0.2, -0.15) is 5.10 Å². The average molecular weight is 285 g/mol. The highest BCUT2D eigenvalue weighted by atomic mass is 16.3. The lowest BCUT2D eigenvalue weighted by atomic mass is 9.96. The van der Waals surface area contributed by atoms with E-state index in [9.17, 15) is 5.11 Å². The lowest BCUT2D eigenvalue weighted by molar-refractivity contribution is 0.176. The fourth-order valence-electron chi connectivity index (χ4n) is 3.11. The van der Waals surface area contributed by atoms with Crippen LogP contribution in [0.25, 0.3) is 0 Å². The molecule has 0 amide bonds. The molecule has 4 heteroatoms. The van der Waals surface area contributed by atoms with E-state index in [0.29, 0.717) is 12.5 Å². The lowest BCUT2D eigenvalue weighted by Crippen LogP contribution is -2.13. The van der Waals surface area contributed by atoms with Gasteiger partial charge in [0.15, 0.2) is 0 Å². The molecule has 2 heterocycles. The zero-order chi connectivity index (χ0) is 14.7.